The van der Waals surface area contributed by atoms with Crippen molar-refractivity contribution in [3.05, 3.63) is 18.2 Å². The second-order valence-corrected chi connectivity index (χ2v) is 5.24. The van der Waals surface area contributed by atoms with E-state index in [4.69, 9.17) is 4.74 Å². The molecule has 1 rings (SSSR count). The summed E-state index contributed by atoms with van der Waals surface area (Å²) in [6.45, 7) is 6.90. The van der Waals surface area contributed by atoms with E-state index >= 15 is 0 Å². The van der Waals surface area contributed by atoms with Gasteiger partial charge in [0.1, 0.15) is 11.4 Å². The molecule has 1 atom stereocenters. The van der Waals surface area contributed by atoms with Gasteiger partial charge in [-0.1, -0.05) is 0 Å². The molecule has 0 aromatic carbocycles. The summed E-state index contributed by atoms with van der Waals surface area (Å²) in [5.41, 5.74) is -1.79. The molecule has 0 aliphatic rings. The second-order valence-electron chi connectivity index (χ2n) is 5.24. The van der Waals surface area contributed by atoms with Gasteiger partial charge in [-0.2, -0.15) is 0 Å². The molecule has 0 bridgehead atoms. The zero-order valence-electron chi connectivity index (χ0n) is 11.4. The van der Waals surface area contributed by atoms with Crippen molar-refractivity contribution in [3.63, 3.8) is 0 Å². The zero-order chi connectivity index (χ0) is 14.0. The highest BCUT2D eigenvalue weighted by atomic mass is 16.6. The predicted molar refractivity (Wildman–Crippen MR) is 66.0 cm³/mol. The Morgan fingerprint density at radius 3 is 2.44 bits per heavy atom. The average molecular weight is 253 g/mol. The molecule has 0 fully saturated rings. The summed E-state index contributed by atoms with van der Waals surface area (Å²) >= 11 is 0. The molecule has 0 spiro atoms. The fraction of sp³-hybridized carbons (Fsp3) is 0.583. The number of imidazole rings is 1. The van der Waals surface area contributed by atoms with Crippen LogP contribution in [0.2, 0.25) is 0 Å². The van der Waals surface area contributed by atoms with Crippen molar-refractivity contribution in [1.29, 1.82) is 0 Å². The van der Waals surface area contributed by atoms with Crippen LogP contribution in [0, 0.1) is 0 Å². The minimum absolute atomic E-state index is 0.394. The minimum atomic E-state index is -1.17. The molecule has 100 valence electrons. The topological polar surface area (TPSA) is 75.3 Å². The maximum Gasteiger partial charge on any atom is 0.411 e. The van der Waals surface area contributed by atoms with Crippen molar-refractivity contribution in [3.8, 4) is 0 Å². The van der Waals surface area contributed by atoms with Crippen molar-refractivity contribution in [2.75, 3.05) is 7.05 Å². The third-order valence-corrected chi connectivity index (χ3v) is 2.57. The third kappa shape index (κ3) is 2.88. The predicted octanol–water partition coefficient (Wildman–Crippen LogP) is 1.69. The number of carbonyl (C=O) groups is 2. The van der Waals surface area contributed by atoms with Gasteiger partial charge in [0.05, 0.1) is 0 Å². The molecule has 1 heterocycles. The van der Waals surface area contributed by atoms with E-state index in [-0.39, 0.29) is 0 Å². The summed E-state index contributed by atoms with van der Waals surface area (Å²) in [5.74, 6) is 0.394. The summed E-state index contributed by atoms with van der Waals surface area (Å²) in [5, 5.41) is 0. The highest BCUT2D eigenvalue weighted by Gasteiger charge is 2.38. The van der Waals surface area contributed by atoms with Gasteiger partial charge in [0.15, 0.2) is 11.8 Å². The number of likely N-dealkylation sites (N-methyl/N-ethyl adjacent to an activating group) is 1. The molecule has 0 radical (unpaired) electrons. The lowest BCUT2D eigenvalue weighted by molar-refractivity contribution is -0.118. The number of H-pyrrole nitrogens is 1. The lowest BCUT2D eigenvalue weighted by atomic mass is 10.0. The molecule has 1 aromatic rings. The summed E-state index contributed by atoms with van der Waals surface area (Å²) < 4.78 is 5.23. The van der Waals surface area contributed by atoms with E-state index in [0.29, 0.717) is 12.1 Å². The van der Waals surface area contributed by atoms with Gasteiger partial charge in [-0.25, -0.2) is 9.78 Å². The molecule has 1 unspecified atom stereocenters. The maximum absolute atomic E-state index is 12.0. The Hall–Kier alpha value is -1.85. The molecule has 1 aromatic heterocycles. The maximum atomic E-state index is 12.0. The number of hydrogen-bond acceptors (Lipinski definition) is 4. The first-order chi connectivity index (χ1) is 8.20. The Balaban J connectivity index is 2.96. The van der Waals surface area contributed by atoms with Crippen LogP contribution in [0.15, 0.2) is 12.4 Å². The average Bonchev–Trinajstić information content (AvgIpc) is 2.78. The van der Waals surface area contributed by atoms with E-state index < -0.39 is 17.2 Å². The normalized spacial score (nSPS) is 14.7. The largest absolute Gasteiger partial charge is 0.444 e. The first kappa shape index (κ1) is 14.2. The number of carbonyl (C=O) groups excluding carboxylic acids is 2. The van der Waals surface area contributed by atoms with Crippen LogP contribution in [0.1, 0.15) is 33.5 Å². The van der Waals surface area contributed by atoms with Crippen molar-refractivity contribution in [2.24, 2.45) is 0 Å². The van der Waals surface area contributed by atoms with Crippen molar-refractivity contribution >= 4 is 12.4 Å². The quantitative estimate of drug-likeness (QED) is 0.832. The lowest BCUT2D eigenvalue weighted by Gasteiger charge is -2.33. The molecular weight excluding hydrogens is 234 g/mol. The van der Waals surface area contributed by atoms with Crippen LogP contribution in [-0.2, 0) is 15.1 Å². The van der Waals surface area contributed by atoms with Crippen molar-refractivity contribution in [1.82, 2.24) is 14.9 Å². The van der Waals surface area contributed by atoms with Gasteiger partial charge in [0, 0.05) is 19.4 Å². The van der Waals surface area contributed by atoms with E-state index in [1.54, 1.807) is 33.9 Å². The van der Waals surface area contributed by atoms with Crippen LogP contribution in [-0.4, -0.2) is 39.9 Å². The highest BCUT2D eigenvalue weighted by molar-refractivity contribution is 5.76. The number of hydrogen-bond donors (Lipinski definition) is 1. The molecule has 18 heavy (non-hydrogen) atoms. The molecule has 0 aliphatic heterocycles. The Kier molecular flexibility index (Phi) is 3.79. The first-order valence-electron chi connectivity index (χ1n) is 5.63. The number of amides is 1. The molecule has 0 aliphatic carbocycles. The van der Waals surface area contributed by atoms with E-state index in [2.05, 4.69) is 9.97 Å². The van der Waals surface area contributed by atoms with Gasteiger partial charge in [-0.3, -0.25) is 4.90 Å². The first-order valence-corrected chi connectivity index (χ1v) is 5.63. The number of nitrogens with one attached hydrogen (secondary N) is 1. The van der Waals surface area contributed by atoms with Gasteiger partial charge in [-0.05, 0) is 27.7 Å². The van der Waals surface area contributed by atoms with Crippen LogP contribution < -0.4 is 0 Å². The summed E-state index contributed by atoms with van der Waals surface area (Å²) in [7, 11) is 1.50. The van der Waals surface area contributed by atoms with Crippen LogP contribution in [0.5, 0.6) is 0 Å². The second kappa shape index (κ2) is 4.80. The smallest absolute Gasteiger partial charge is 0.411 e. The SMILES string of the molecule is CN(C(=O)OC(C)(C)C)C(C)(C=O)c1ncc[nH]1. The Morgan fingerprint density at radius 1 is 1.44 bits per heavy atom. The standard InChI is InChI=1S/C12H19N3O3/c1-11(2,3)18-10(17)15(5)12(4,8-16)9-13-6-7-14-9/h6-8H,1-5H3,(H,13,14). The fourth-order valence-electron chi connectivity index (χ4n) is 1.36. The number of aromatic nitrogens is 2. The zero-order valence-corrected chi connectivity index (χ0v) is 11.4. The third-order valence-electron chi connectivity index (χ3n) is 2.57. The molecule has 6 nitrogen and oxygen atoms in total. The van der Waals surface area contributed by atoms with Crippen molar-refractivity contribution in [2.45, 2.75) is 38.8 Å². The number of rotatable bonds is 3. The molecule has 6 heteroatoms. The number of ether oxygens (including phenoxy) is 1. The Labute approximate surface area is 106 Å². The molecule has 1 N–H and O–H groups in total. The van der Waals surface area contributed by atoms with E-state index in [1.807, 2.05) is 0 Å². The molecule has 1 amide bonds. The van der Waals surface area contributed by atoms with Gasteiger partial charge in [0.25, 0.3) is 0 Å². The van der Waals surface area contributed by atoms with E-state index in [9.17, 15) is 9.59 Å². The monoisotopic (exact) mass is 253 g/mol. The summed E-state index contributed by atoms with van der Waals surface area (Å²) in [4.78, 5) is 31.4. The van der Waals surface area contributed by atoms with E-state index in [0.717, 1.165) is 0 Å². The lowest BCUT2D eigenvalue weighted by Crippen LogP contribution is -2.48. The number of aldehydes is 1. The minimum Gasteiger partial charge on any atom is -0.444 e. The summed E-state index contributed by atoms with van der Waals surface area (Å²) in [6, 6.07) is 0. The number of aromatic amines is 1. The van der Waals surface area contributed by atoms with Gasteiger partial charge < -0.3 is 14.5 Å². The van der Waals surface area contributed by atoms with E-state index in [1.165, 1.54) is 18.1 Å². The number of nitrogens with zero attached hydrogens (tertiary/aromatic N) is 2. The van der Waals surface area contributed by atoms with Gasteiger partial charge in [-0.15, -0.1) is 0 Å². The van der Waals surface area contributed by atoms with Crippen LogP contribution in [0.4, 0.5) is 4.79 Å². The Bertz CT molecular complexity index is 422. The summed E-state index contributed by atoms with van der Waals surface area (Å²) in [6.07, 6.45) is 3.21. The molecule has 0 saturated heterocycles. The molecular formula is C12H19N3O3. The van der Waals surface area contributed by atoms with Crippen LogP contribution in [0.3, 0.4) is 0 Å². The van der Waals surface area contributed by atoms with Gasteiger partial charge in [0.2, 0.25) is 0 Å². The van der Waals surface area contributed by atoms with Crippen LogP contribution >= 0.6 is 0 Å². The highest BCUT2D eigenvalue weighted by Crippen LogP contribution is 2.23. The van der Waals surface area contributed by atoms with Gasteiger partial charge >= 0.3 is 6.09 Å². The molecule has 0 saturated carbocycles. The van der Waals surface area contributed by atoms with Crippen molar-refractivity contribution < 1.29 is 14.3 Å². The fourth-order valence-corrected chi connectivity index (χ4v) is 1.36. The van der Waals surface area contributed by atoms with Crippen LogP contribution in [0.25, 0.3) is 0 Å². The Morgan fingerprint density at radius 2 is 2.06 bits per heavy atom.